The second-order valence-corrected chi connectivity index (χ2v) is 8.15. The fraction of sp³-hybridized carbons (Fsp3) is 0. The van der Waals surface area contributed by atoms with E-state index in [1.54, 1.807) is 0 Å². The molecule has 126 valence electrons. The van der Waals surface area contributed by atoms with Gasteiger partial charge >= 0.3 is 0 Å². The smallest absolute Gasteiger partial charge is 0.000740 e. The molecule has 8 rings (SSSR count). The van der Waals surface area contributed by atoms with Gasteiger partial charge in [0.25, 0.3) is 0 Å². The van der Waals surface area contributed by atoms with Crippen molar-refractivity contribution in [1.82, 2.24) is 0 Å². The van der Waals surface area contributed by atoms with E-state index in [2.05, 4.69) is 84.9 Å². The first-order chi connectivity index (χ1) is 13.9. The molecule has 0 aliphatic rings. The van der Waals surface area contributed by atoms with Gasteiger partial charge in [-0.3, -0.25) is 0 Å². The molecule has 8 aromatic rings. The van der Waals surface area contributed by atoms with Crippen LogP contribution in [-0.4, -0.2) is 0 Å². The Morgan fingerprint density at radius 1 is 0.286 bits per heavy atom. The molecule has 0 saturated carbocycles. The molecule has 0 nitrogen and oxygen atoms in total. The van der Waals surface area contributed by atoms with Crippen molar-refractivity contribution in [2.75, 3.05) is 0 Å². The van der Waals surface area contributed by atoms with Gasteiger partial charge in [0, 0.05) is 0 Å². The summed E-state index contributed by atoms with van der Waals surface area (Å²) < 4.78 is 0. The van der Waals surface area contributed by atoms with Gasteiger partial charge in [0.1, 0.15) is 0 Å². The van der Waals surface area contributed by atoms with Gasteiger partial charge in [-0.25, -0.2) is 0 Å². The van der Waals surface area contributed by atoms with Gasteiger partial charge in [-0.2, -0.15) is 0 Å². The highest BCUT2D eigenvalue weighted by Crippen LogP contribution is 2.50. The lowest BCUT2D eigenvalue weighted by molar-refractivity contribution is 1.81. The summed E-state index contributed by atoms with van der Waals surface area (Å²) in [5.41, 5.74) is 0. The van der Waals surface area contributed by atoms with Crippen LogP contribution in [0, 0.1) is 0 Å². The topological polar surface area (TPSA) is 0 Å². The van der Waals surface area contributed by atoms with Crippen molar-refractivity contribution < 1.29 is 0 Å². The van der Waals surface area contributed by atoms with Crippen LogP contribution in [0.3, 0.4) is 0 Å². The van der Waals surface area contributed by atoms with Gasteiger partial charge in [0.2, 0.25) is 0 Å². The number of rotatable bonds is 0. The number of hydrogen-bond acceptors (Lipinski definition) is 0. The highest BCUT2D eigenvalue weighted by Gasteiger charge is 2.21. The Kier molecular flexibility index (Phi) is 2.06. The average molecular weight is 350 g/mol. The monoisotopic (exact) mass is 350 g/mol. The molecule has 0 spiro atoms. The molecule has 0 aliphatic heterocycles. The van der Waals surface area contributed by atoms with Gasteiger partial charge in [0.05, 0.1) is 0 Å². The molecule has 0 heteroatoms. The number of benzene rings is 7. The zero-order valence-electron chi connectivity index (χ0n) is 15.1. The van der Waals surface area contributed by atoms with Gasteiger partial charge in [-0.1, -0.05) is 72.8 Å². The Hall–Kier alpha value is -3.64. The summed E-state index contributed by atoms with van der Waals surface area (Å²) in [5.74, 6) is 0. The summed E-state index contributed by atoms with van der Waals surface area (Å²) >= 11 is 0. The van der Waals surface area contributed by atoms with Crippen LogP contribution in [0.2, 0.25) is 0 Å². The van der Waals surface area contributed by atoms with E-state index in [1.165, 1.54) is 75.4 Å². The summed E-state index contributed by atoms with van der Waals surface area (Å²) in [6, 6.07) is 31.9. The summed E-state index contributed by atoms with van der Waals surface area (Å²) in [7, 11) is 0. The predicted molar refractivity (Wildman–Crippen MR) is 123 cm³/mol. The van der Waals surface area contributed by atoms with Crippen molar-refractivity contribution in [3.63, 3.8) is 0 Å². The molecule has 0 atom stereocenters. The highest BCUT2D eigenvalue weighted by atomic mass is 14.2. The van der Waals surface area contributed by atoms with Crippen LogP contribution in [0.5, 0.6) is 0 Å². The van der Waals surface area contributed by atoms with Crippen LogP contribution < -0.4 is 0 Å². The van der Waals surface area contributed by atoms with E-state index in [0.29, 0.717) is 0 Å². The van der Waals surface area contributed by atoms with Crippen molar-refractivity contribution in [3.05, 3.63) is 84.9 Å². The SMILES string of the molecule is c1ccc2cc3c(cc2c1)c1ccc2ccc4ccc5ccc3c3c5c4c2c13. The van der Waals surface area contributed by atoms with E-state index in [-0.39, 0.29) is 0 Å². The zero-order chi connectivity index (χ0) is 18.0. The van der Waals surface area contributed by atoms with Gasteiger partial charge in [-0.05, 0) is 87.5 Å². The molecule has 0 heterocycles. The second-order valence-electron chi connectivity index (χ2n) is 8.15. The Labute approximate surface area is 160 Å². The average Bonchev–Trinajstić information content (AvgIpc) is 3.12. The van der Waals surface area contributed by atoms with Crippen molar-refractivity contribution >= 4 is 75.4 Å². The Morgan fingerprint density at radius 2 is 0.679 bits per heavy atom. The fourth-order valence-corrected chi connectivity index (χ4v) is 5.70. The molecule has 8 aromatic carbocycles. The van der Waals surface area contributed by atoms with E-state index >= 15 is 0 Å². The molecule has 28 heavy (non-hydrogen) atoms. The standard InChI is InChI=1S/C28H14/c1-2-4-19-14-23-21-12-10-17-8-6-15-5-7-16-9-11-20(22(23)13-18(19)3-1)27-25(16)24(15)26(17)28(21)27/h1-14H. The third-order valence-corrected chi connectivity index (χ3v) is 6.86. The van der Waals surface area contributed by atoms with Gasteiger partial charge in [0.15, 0.2) is 0 Å². The van der Waals surface area contributed by atoms with Crippen LogP contribution in [0.25, 0.3) is 75.4 Å². The zero-order valence-corrected chi connectivity index (χ0v) is 15.1. The molecule has 0 bridgehead atoms. The molecule has 0 radical (unpaired) electrons. The van der Waals surface area contributed by atoms with E-state index in [1.807, 2.05) is 0 Å². The maximum Gasteiger partial charge on any atom is -0.000740 e. The van der Waals surface area contributed by atoms with Crippen molar-refractivity contribution in [2.45, 2.75) is 0 Å². The maximum absolute atomic E-state index is 2.39. The van der Waals surface area contributed by atoms with Crippen LogP contribution in [-0.2, 0) is 0 Å². The minimum absolute atomic E-state index is 1.31. The highest BCUT2D eigenvalue weighted by molar-refractivity contribution is 6.48. The van der Waals surface area contributed by atoms with Crippen molar-refractivity contribution in [3.8, 4) is 0 Å². The van der Waals surface area contributed by atoms with Crippen LogP contribution in [0.15, 0.2) is 84.9 Å². The first-order valence-corrected chi connectivity index (χ1v) is 9.87. The Morgan fingerprint density at radius 3 is 1.14 bits per heavy atom. The van der Waals surface area contributed by atoms with E-state index in [9.17, 15) is 0 Å². The lowest BCUT2D eigenvalue weighted by atomic mass is 9.91. The molecule has 0 unspecified atom stereocenters. The van der Waals surface area contributed by atoms with Gasteiger partial charge < -0.3 is 0 Å². The first kappa shape index (κ1) is 13.5. The second kappa shape index (κ2) is 4.26. The van der Waals surface area contributed by atoms with Gasteiger partial charge in [-0.15, -0.1) is 0 Å². The van der Waals surface area contributed by atoms with E-state index in [0.717, 1.165) is 0 Å². The summed E-state index contributed by atoms with van der Waals surface area (Å²) in [5, 5.41) is 19.4. The Bertz CT molecular complexity index is 1720. The van der Waals surface area contributed by atoms with Crippen LogP contribution in [0.4, 0.5) is 0 Å². The molecule has 0 aromatic heterocycles. The van der Waals surface area contributed by atoms with E-state index < -0.39 is 0 Å². The number of hydrogen-bond donors (Lipinski definition) is 0. The summed E-state index contributed by atoms with van der Waals surface area (Å²) in [4.78, 5) is 0. The van der Waals surface area contributed by atoms with Crippen molar-refractivity contribution in [2.24, 2.45) is 0 Å². The molecule has 0 amide bonds. The number of fused-ring (bicyclic) bond motifs is 4. The molecule has 0 saturated heterocycles. The molecular weight excluding hydrogens is 336 g/mol. The molecule has 0 aliphatic carbocycles. The lowest BCUT2D eigenvalue weighted by Gasteiger charge is -2.12. The Balaban J connectivity index is 1.85. The van der Waals surface area contributed by atoms with Crippen LogP contribution in [0.1, 0.15) is 0 Å². The molecule has 0 fully saturated rings. The largest absolute Gasteiger partial charge is 0.0616 e. The predicted octanol–water partition coefficient (Wildman–Crippen LogP) is 8.07. The van der Waals surface area contributed by atoms with E-state index in [4.69, 9.17) is 0 Å². The summed E-state index contributed by atoms with van der Waals surface area (Å²) in [6.07, 6.45) is 0. The minimum Gasteiger partial charge on any atom is -0.0616 e. The lowest BCUT2D eigenvalue weighted by Crippen LogP contribution is -1.83. The normalized spacial score (nSPS) is 13.0. The maximum atomic E-state index is 2.39. The molecule has 0 N–H and O–H groups in total. The third kappa shape index (κ3) is 1.34. The third-order valence-electron chi connectivity index (χ3n) is 6.86. The first-order valence-electron chi connectivity index (χ1n) is 9.87. The van der Waals surface area contributed by atoms with Crippen LogP contribution >= 0.6 is 0 Å². The van der Waals surface area contributed by atoms with Crippen molar-refractivity contribution in [1.29, 1.82) is 0 Å². The molecular formula is C28H14. The quantitative estimate of drug-likeness (QED) is 0.191. The summed E-state index contributed by atoms with van der Waals surface area (Å²) in [6.45, 7) is 0. The minimum atomic E-state index is 1.31. The fourth-order valence-electron chi connectivity index (χ4n) is 5.70.